The van der Waals surface area contributed by atoms with Crippen molar-refractivity contribution in [3.05, 3.63) is 36.0 Å². The van der Waals surface area contributed by atoms with Crippen molar-refractivity contribution in [2.24, 2.45) is 0 Å². The molecule has 110 valence electrons. The second-order valence-electron chi connectivity index (χ2n) is 4.96. The Morgan fingerprint density at radius 3 is 2.76 bits per heavy atom. The fourth-order valence-electron chi connectivity index (χ4n) is 2.57. The lowest BCUT2D eigenvalue weighted by atomic mass is 10.2. The zero-order chi connectivity index (χ0) is 13.9. The third-order valence-electron chi connectivity index (χ3n) is 3.68. The molecule has 21 heavy (non-hydrogen) atoms. The Bertz CT molecular complexity index is 683. The highest BCUT2D eigenvalue weighted by Gasteiger charge is 2.16. The first-order chi connectivity index (χ1) is 9.78. The van der Waals surface area contributed by atoms with Crippen LogP contribution in [0, 0.1) is 11.3 Å². The van der Waals surface area contributed by atoms with E-state index in [0.717, 1.165) is 37.1 Å². The number of benzene rings is 1. The maximum atomic E-state index is 12.3. The molecule has 1 fully saturated rings. The van der Waals surface area contributed by atoms with Crippen LogP contribution < -0.4 is 5.32 Å². The van der Waals surface area contributed by atoms with Gasteiger partial charge < -0.3 is 14.8 Å². The fraction of sp³-hybridized carbons (Fsp3) is 0.333. The summed E-state index contributed by atoms with van der Waals surface area (Å²) in [6.07, 6.45) is 1.91. The van der Waals surface area contributed by atoms with E-state index in [1.54, 1.807) is 6.07 Å². The van der Waals surface area contributed by atoms with Gasteiger partial charge in [0, 0.05) is 43.3 Å². The van der Waals surface area contributed by atoms with Gasteiger partial charge in [-0.3, -0.25) is 4.79 Å². The molecule has 5 nitrogen and oxygen atoms in total. The van der Waals surface area contributed by atoms with Crippen LogP contribution in [0.3, 0.4) is 0 Å². The van der Waals surface area contributed by atoms with E-state index >= 15 is 0 Å². The summed E-state index contributed by atoms with van der Waals surface area (Å²) >= 11 is 0. The number of hydrogen-bond donors (Lipinski definition) is 1. The number of nitrogens with zero attached hydrogens (tertiary/aromatic N) is 3. The van der Waals surface area contributed by atoms with Crippen LogP contribution in [0.5, 0.6) is 0 Å². The van der Waals surface area contributed by atoms with E-state index in [1.165, 1.54) is 0 Å². The minimum absolute atomic E-state index is 0. The molecule has 1 aliphatic rings. The summed E-state index contributed by atoms with van der Waals surface area (Å²) in [5.41, 5.74) is 1.64. The molecule has 1 aliphatic heterocycles. The maximum absolute atomic E-state index is 12.3. The predicted molar refractivity (Wildman–Crippen MR) is 83.4 cm³/mol. The number of halogens is 1. The van der Waals surface area contributed by atoms with Crippen LogP contribution in [-0.4, -0.2) is 41.6 Å². The van der Waals surface area contributed by atoms with Gasteiger partial charge in [-0.15, -0.1) is 12.4 Å². The van der Waals surface area contributed by atoms with E-state index in [1.807, 2.05) is 33.9 Å². The first-order valence-electron chi connectivity index (χ1n) is 6.75. The number of amides is 1. The Labute approximate surface area is 129 Å². The van der Waals surface area contributed by atoms with Gasteiger partial charge in [-0.1, -0.05) is 0 Å². The van der Waals surface area contributed by atoms with E-state index in [-0.39, 0.29) is 18.3 Å². The summed E-state index contributed by atoms with van der Waals surface area (Å²) in [7, 11) is 0. The zero-order valence-corrected chi connectivity index (χ0v) is 12.4. The summed E-state index contributed by atoms with van der Waals surface area (Å²) in [4.78, 5) is 14.2. The molecule has 1 aromatic carbocycles. The Balaban J connectivity index is 0.00000161. The van der Waals surface area contributed by atoms with Gasteiger partial charge in [0.15, 0.2) is 0 Å². The minimum atomic E-state index is 0. The van der Waals surface area contributed by atoms with Gasteiger partial charge >= 0.3 is 0 Å². The van der Waals surface area contributed by atoms with Gasteiger partial charge in [-0.25, -0.2) is 0 Å². The molecule has 1 aromatic heterocycles. The number of nitriles is 1. The molecule has 1 saturated heterocycles. The maximum Gasteiger partial charge on any atom is 0.242 e. The number of nitrogens with one attached hydrogen (secondary N) is 1. The standard InChI is InChI=1S/C15H16N4O.ClH/c16-10-12-1-2-14-13(9-12)3-6-19(14)11-15(20)18-7-4-17-5-8-18;/h1-3,6,9,17H,4-5,7-8,11H2;1H. The van der Waals surface area contributed by atoms with Crippen LogP contribution in [0.15, 0.2) is 30.5 Å². The van der Waals surface area contributed by atoms with Gasteiger partial charge in [0.25, 0.3) is 0 Å². The predicted octanol–water partition coefficient (Wildman–Crippen LogP) is 1.37. The average Bonchev–Trinajstić information content (AvgIpc) is 2.90. The Kier molecular flexibility index (Phi) is 4.84. The first-order valence-corrected chi connectivity index (χ1v) is 6.75. The summed E-state index contributed by atoms with van der Waals surface area (Å²) < 4.78 is 1.95. The number of piperazine rings is 1. The molecule has 0 aliphatic carbocycles. The number of fused-ring (bicyclic) bond motifs is 1. The lowest BCUT2D eigenvalue weighted by molar-refractivity contribution is -0.132. The highest BCUT2D eigenvalue weighted by atomic mass is 35.5. The lowest BCUT2D eigenvalue weighted by Gasteiger charge is -2.27. The molecule has 2 heterocycles. The molecule has 1 N–H and O–H groups in total. The van der Waals surface area contributed by atoms with Crippen molar-refractivity contribution >= 4 is 29.2 Å². The molecule has 3 rings (SSSR count). The van der Waals surface area contributed by atoms with Crippen molar-refractivity contribution < 1.29 is 4.79 Å². The van der Waals surface area contributed by atoms with Crippen molar-refractivity contribution in [1.82, 2.24) is 14.8 Å². The summed E-state index contributed by atoms with van der Waals surface area (Å²) in [6.45, 7) is 3.63. The molecular weight excluding hydrogens is 288 g/mol. The molecule has 0 spiro atoms. The SMILES string of the molecule is Cl.N#Cc1ccc2c(ccn2CC(=O)N2CCNCC2)c1. The smallest absolute Gasteiger partial charge is 0.242 e. The molecule has 0 bridgehead atoms. The quantitative estimate of drug-likeness (QED) is 0.911. The molecule has 0 saturated carbocycles. The van der Waals surface area contributed by atoms with E-state index < -0.39 is 0 Å². The number of rotatable bonds is 2. The zero-order valence-electron chi connectivity index (χ0n) is 11.6. The second kappa shape index (κ2) is 6.61. The third kappa shape index (κ3) is 3.18. The second-order valence-corrected chi connectivity index (χ2v) is 4.96. The highest BCUT2D eigenvalue weighted by Crippen LogP contribution is 2.17. The molecule has 6 heteroatoms. The average molecular weight is 305 g/mol. The normalized spacial score (nSPS) is 14.5. The first kappa shape index (κ1) is 15.4. The minimum Gasteiger partial charge on any atom is -0.339 e. The molecule has 1 amide bonds. The molecule has 0 atom stereocenters. The van der Waals surface area contributed by atoms with Crippen LogP contribution in [0.1, 0.15) is 5.56 Å². The Hall–Kier alpha value is -2.03. The van der Waals surface area contributed by atoms with Crippen molar-refractivity contribution in [3.8, 4) is 6.07 Å². The number of aromatic nitrogens is 1. The van der Waals surface area contributed by atoms with Crippen molar-refractivity contribution in [3.63, 3.8) is 0 Å². The summed E-state index contributed by atoms with van der Waals surface area (Å²) in [5.74, 6) is 0.147. The van der Waals surface area contributed by atoms with Crippen molar-refractivity contribution in [2.75, 3.05) is 26.2 Å². The van der Waals surface area contributed by atoms with Crippen LogP contribution >= 0.6 is 12.4 Å². The topological polar surface area (TPSA) is 61.1 Å². The van der Waals surface area contributed by atoms with Crippen molar-refractivity contribution in [2.45, 2.75) is 6.54 Å². The van der Waals surface area contributed by atoms with Gasteiger partial charge in [0.2, 0.25) is 5.91 Å². The molecular formula is C15H17ClN4O. The van der Waals surface area contributed by atoms with Gasteiger partial charge in [0.1, 0.15) is 6.54 Å². The molecule has 0 radical (unpaired) electrons. The van der Waals surface area contributed by atoms with Gasteiger partial charge in [0.05, 0.1) is 11.6 Å². The van der Waals surface area contributed by atoms with Crippen LogP contribution in [-0.2, 0) is 11.3 Å². The van der Waals surface area contributed by atoms with Crippen LogP contribution in [0.2, 0.25) is 0 Å². The van der Waals surface area contributed by atoms with Crippen LogP contribution in [0.25, 0.3) is 10.9 Å². The van der Waals surface area contributed by atoms with Gasteiger partial charge in [-0.05, 0) is 24.3 Å². The van der Waals surface area contributed by atoms with E-state index in [0.29, 0.717) is 12.1 Å². The monoisotopic (exact) mass is 304 g/mol. The summed E-state index contributed by atoms with van der Waals surface area (Å²) in [6, 6.07) is 9.61. The summed E-state index contributed by atoms with van der Waals surface area (Å²) in [5, 5.41) is 13.1. The Morgan fingerprint density at radius 1 is 1.29 bits per heavy atom. The number of carbonyl (C=O) groups is 1. The fourth-order valence-corrected chi connectivity index (χ4v) is 2.57. The van der Waals surface area contributed by atoms with Crippen LogP contribution in [0.4, 0.5) is 0 Å². The number of hydrogen-bond acceptors (Lipinski definition) is 3. The lowest BCUT2D eigenvalue weighted by Crippen LogP contribution is -2.47. The third-order valence-corrected chi connectivity index (χ3v) is 3.68. The number of carbonyl (C=O) groups excluding carboxylic acids is 1. The van der Waals surface area contributed by atoms with E-state index in [2.05, 4.69) is 11.4 Å². The van der Waals surface area contributed by atoms with E-state index in [9.17, 15) is 4.79 Å². The Morgan fingerprint density at radius 2 is 2.05 bits per heavy atom. The molecule has 2 aromatic rings. The van der Waals surface area contributed by atoms with Crippen molar-refractivity contribution in [1.29, 1.82) is 5.26 Å². The molecule has 0 unspecified atom stereocenters. The van der Waals surface area contributed by atoms with Gasteiger partial charge in [-0.2, -0.15) is 5.26 Å². The largest absolute Gasteiger partial charge is 0.339 e. The highest BCUT2D eigenvalue weighted by molar-refractivity contribution is 5.85. The van der Waals surface area contributed by atoms with E-state index in [4.69, 9.17) is 5.26 Å².